The Labute approximate surface area is 178 Å². The van der Waals surface area contributed by atoms with Crippen LogP contribution in [0.4, 0.5) is 19.0 Å². The summed E-state index contributed by atoms with van der Waals surface area (Å²) in [6.45, 7) is 3.69. The molecule has 166 valence electrons. The van der Waals surface area contributed by atoms with Gasteiger partial charge in [-0.05, 0) is 23.9 Å². The van der Waals surface area contributed by atoms with Gasteiger partial charge in [0.25, 0.3) is 0 Å². The second-order valence-electron chi connectivity index (χ2n) is 7.07. The van der Waals surface area contributed by atoms with Crippen LogP contribution in [0.3, 0.4) is 0 Å². The number of halogens is 3. The second-order valence-corrected chi connectivity index (χ2v) is 7.07. The Morgan fingerprint density at radius 3 is 2.58 bits per heavy atom. The summed E-state index contributed by atoms with van der Waals surface area (Å²) in [6.07, 6.45) is 1.78. The first-order valence-corrected chi connectivity index (χ1v) is 9.89. The van der Waals surface area contributed by atoms with Crippen LogP contribution >= 0.6 is 0 Å². The molecule has 2 aromatic rings. The van der Waals surface area contributed by atoms with E-state index in [1.165, 1.54) is 18.5 Å². The molecule has 0 radical (unpaired) electrons. The van der Waals surface area contributed by atoms with E-state index in [9.17, 15) is 13.2 Å². The van der Waals surface area contributed by atoms with Crippen molar-refractivity contribution in [2.75, 3.05) is 50.8 Å². The Balaban J connectivity index is 1.71. The summed E-state index contributed by atoms with van der Waals surface area (Å²) >= 11 is 0. The zero-order chi connectivity index (χ0) is 22.3. The first-order chi connectivity index (χ1) is 14.9. The smallest absolute Gasteiger partial charge is 0.404 e. The molecule has 0 aliphatic carbocycles. The maximum Gasteiger partial charge on any atom is 0.416 e. The molecule has 1 aromatic carbocycles. The van der Waals surface area contributed by atoms with Gasteiger partial charge in [-0.2, -0.15) is 13.2 Å². The van der Waals surface area contributed by atoms with Crippen molar-refractivity contribution in [2.24, 2.45) is 10.7 Å². The standard InChI is InChI=1S/C21H25F3N6O/c22-21(23,24)18-3-1-2-17(12-18)19-20(28-5-4-27-19)30-9-7-29(8-10-30)15-16(13-25)14-26-6-11-31/h1-5,12-14,31H,6-11,15,25H2/b16-13+,26-14?. The van der Waals surface area contributed by atoms with E-state index in [2.05, 4.69) is 19.9 Å². The van der Waals surface area contributed by atoms with Gasteiger partial charge in [0, 0.05) is 56.9 Å². The van der Waals surface area contributed by atoms with Crippen LogP contribution in [-0.4, -0.2) is 72.1 Å². The van der Waals surface area contributed by atoms with Gasteiger partial charge in [-0.1, -0.05) is 12.1 Å². The second kappa shape index (κ2) is 10.4. The molecule has 2 heterocycles. The average Bonchev–Trinajstić information content (AvgIpc) is 2.78. The first-order valence-electron chi connectivity index (χ1n) is 9.89. The highest BCUT2D eigenvalue weighted by molar-refractivity contribution is 5.79. The van der Waals surface area contributed by atoms with Crippen molar-refractivity contribution >= 4 is 12.0 Å². The van der Waals surface area contributed by atoms with Gasteiger partial charge < -0.3 is 15.7 Å². The highest BCUT2D eigenvalue weighted by Crippen LogP contribution is 2.34. The maximum absolute atomic E-state index is 13.1. The normalized spacial score (nSPS) is 16.3. The molecule has 3 N–H and O–H groups in total. The van der Waals surface area contributed by atoms with E-state index in [1.54, 1.807) is 18.5 Å². The fourth-order valence-electron chi connectivity index (χ4n) is 3.36. The molecule has 0 bridgehead atoms. The number of aliphatic hydroxyl groups is 1. The van der Waals surface area contributed by atoms with E-state index in [4.69, 9.17) is 10.8 Å². The fourth-order valence-corrected chi connectivity index (χ4v) is 3.36. The maximum atomic E-state index is 13.1. The Bertz CT molecular complexity index is 923. The van der Waals surface area contributed by atoms with Gasteiger partial charge in [0.1, 0.15) is 5.69 Å². The van der Waals surface area contributed by atoms with Gasteiger partial charge in [-0.25, -0.2) is 4.98 Å². The number of piperazine rings is 1. The average molecular weight is 434 g/mol. The SMILES string of the molecule is N/C=C(\C=NCCO)CN1CCN(c2nccnc2-c2cccc(C(F)(F)F)c2)CC1. The predicted molar refractivity (Wildman–Crippen MR) is 114 cm³/mol. The zero-order valence-corrected chi connectivity index (χ0v) is 17.0. The van der Waals surface area contributed by atoms with Gasteiger partial charge in [-0.15, -0.1) is 0 Å². The summed E-state index contributed by atoms with van der Waals surface area (Å²) in [7, 11) is 0. The van der Waals surface area contributed by atoms with Crippen molar-refractivity contribution in [3.8, 4) is 11.3 Å². The molecule has 1 aliphatic heterocycles. The summed E-state index contributed by atoms with van der Waals surface area (Å²) in [5.74, 6) is 0.570. The van der Waals surface area contributed by atoms with Crippen LogP contribution in [0.5, 0.6) is 0 Å². The van der Waals surface area contributed by atoms with E-state index in [0.29, 0.717) is 43.3 Å². The number of anilines is 1. The summed E-state index contributed by atoms with van der Waals surface area (Å²) in [4.78, 5) is 17.1. The number of aliphatic imine (C=N–C) groups is 1. The quantitative estimate of drug-likeness (QED) is 0.650. The van der Waals surface area contributed by atoms with Crippen LogP contribution in [0, 0.1) is 0 Å². The minimum Gasteiger partial charge on any atom is -0.404 e. The van der Waals surface area contributed by atoms with E-state index in [0.717, 1.165) is 30.8 Å². The number of hydrogen-bond donors (Lipinski definition) is 2. The summed E-state index contributed by atoms with van der Waals surface area (Å²) in [5, 5.41) is 8.82. The highest BCUT2D eigenvalue weighted by Gasteiger charge is 2.31. The predicted octanol–water partition coefficient (Wildman–Crippen LogP) is 2.19. The van der Waals surface area contributed by atoms with Crippen molar-refractivity contribution in [2.45, 2.75) is 6.18 Å². The largest absolute Gasteiger partial charge is 0.416 e. The minimum absolute atomic E-state index is 0.0145. The van der Waals surface area contributed by atoms with Gasteiger partial charge >= 0.3 is 6.18 Å². The molecule has 0 atom stereocenters. The molecular formula is C21H25F3N6O. The number of aromatic nitrogens is 2. The fraction of sp³-hybridized carbons (Fsp3) is 0.381. The van der Waals surface area contributed by atoms with Crippen molar-refractivity contribution in [3.05, 3.63) is 54.0 Å². The Kier molecular flexibility index (Phi) is 7.59. The van der Waals surface area contributed by atoms with Crippen LogP contribution in [-0.2, 0) is 6.18 Å². The molecule has 3 rings (SSSR count). The Hall–Kier alpha value is -2.98. The van der Waals surface area contributed by atoms with Gasteiger partial charge in [-0.3, -0.25) is 14.9 Å². The monoisotopic (exact) mass is 434 g/mol. The van der Waals surface area contributed by atoms with Gasteiger partial charge in [0.15, 0.2) is 5.82 Å². The topological polar surface area (TPSA) is 90.9 Å². The van der Waals surface area contributed by atoms with Gasteiger partial charge in [0.2, 0.25) is 0 Å². The van der Waals surface area contributed by atoms with E-state index >= 15 is 0 Å². The molecule has 1 saturated heterocycles. The zero-order valence-electron chi connectivity index (χ0n) is 17.0. The third-order valence-electron chi connectivity index (χ3n) is 4.92. The summed E-state index contributed by atoms with van der Waals surface area (Å²) < 4.78 is 39.4. The van der Waals surface area contributed by atoms with Crippen LogP contribution in [0.1, 0.15) is 5.56 Å². The third kappa shape index (κ3) is 6.02. The lowest BCUT2D eigenvalue weighted by Crippen LogP contribution is -2.47. The van der Waals surface area contributed by atoms with Crippen LogP contribution < -0.4 is 10.6 Å². The molecule has 31 heavy (non-hydrogen) atoms. The molecule has 0 saturated carbocycles. The van der Waals surface area contributed by atoms with Crippen molar-refractivity contribution in [1.82, 2.24) is 14.9 Å². The molecular weight excluding hydrogens is 409 g/mol. The van der Waals surface area contributed by atoms with Crippen LogP contribution in [0.2, 0.25) is 0 Å². The van der Waals surface area contributed by atoms with E-state index < -0.39 is 11.7 Å². The van der Waals surface area contributed by atoms with Crippen LogP contribution in [0.15, 0.2) is 53.4 Å². The number of nitrogens with zero attached hydrogens (tertiary/aromatic N) is 5. The molecule has 0 amide bonds. The Morgan fingerprint density at radius 1 is 1.16 bits per heavy atom. The van der Waals surface area contributed by atoms with Gasteiger partial charge in [0.05, 0.1) is 18.7 Å². The van der Waals surface area contributed by atoms with E-state index in [-0.39, 0.29) is 6.61 Å². The number of aliphatic hydroxyl groups excluding tert-OH is 1. The lowest BCUT2D eigenvalue weighted by molar-refractivity contribution is -0.137. The number of rotatable bonds is 7. The molecule has 1 aromatic heterocycles. The molecule has 7 nitrogen and oxygen atoms in total. The third-order valence-corrected chi connectivity index (χ3v) is 4.92. The molecule has 10 heteroatoms. The summed E-state index contributed by atoms with van der Waals surface area (Å²) in [6, 6.07) is 5.15. The molecule has 1 aliphatic rings. The number of hydrogen-bond acceptors (Lipinski definition) is 7. The van der Waals surface area contributed by atoms with Crippen molar-refractivity contribution in [1.29, 1.82) is 0 Å². The molecule has 1 fully saturated rings. The lowest BCUT2D eigenvalue weighted by atomic mass is 10.1. The van der Waals surface area contributed by atoms with E-state index in [1.807, 2.05) is 4.90 Å². The molecule has 0 spiro atoms. The summed E-state index contributed by atoms with van der Waals surface area (Å²) in [5.41, 5.74) is 6.62. The number of benzene rings is 1. The minimum atomic E-state index is -4.42. The lowest BCUT2D eigenvalue weighted by Gasteiger charge is -2.36. The number of nitrogens with two attached hydrogens (primary N) is 1. The van der Waals surface area contributed by atoms with Crippen molar-refractivity contribution < 1.29 is 18.3 Å². The highest BCUT2D eigenvalue weighted by atomic mass is 19.4. The number of alkyl halides is 3. The van der Waals surface area contributed by atoms with Crippen molar-refractivity contribution in [3.63, 3.8) is 0 Å². The Morgan fingerprint density at radius 2 is 1.90 bits per heavy atom. The first kappa shape index (κ1) is 22.7. The van der Waals surface area contributed by atoms with Crippen LogP contribution in [0.25, 0.3) is 11.3 Å². The molecule has 0 unspecified atom stereocenters.